The maximum atomic E-state index is 12.2. The van der Waals surface area contributed by atoms with Gasteiger partial charge in [0, 0.05) is 31.8 Å². The van der Waals surface area contributed by atoms with Crippen molar-refractivity contribution in [2.75, 3.05) is 20.3 Å². The number of hydrogen-bond donors (Lipinski definition) is 1. The van der Waals surface area contributed by atoms with E-state index >= 15 is 0 Å². The molecule has 6 nitrogen and oxygen atoms in total. The Bertz CT molecular complexity index is 813. The molecule has 2 aromatic rings. The Morgan fingerprint density at radius 1 is 1.38 bits per heavy atom. The summed E-state index contributed by atoms with van der Waals surface area (Å²) in [5, 5.41) is 2.91. The SMILES string of the molecule is COc1cccc2c1OCC(CNC(=O)c1ccc(=O)n(C)c1)C2. The largest absolute Gasteiger partial charge is 0.493 e. The minimum absolute atomic E-state index is 0.141. The van der Waals surface area contributed by atoms with Crippen LogP contribution >= 0.6 is 0 Å². The molecule has 1 atom stereocenters. The zero-order chi connectivity index (χ0) is 17.1. The van der Waals surface area contributed by atoms with E-state index in [9.17, 15) is 9.59 Å². The number of benzene rings is 1. The summed E-state index contributed by atoms with van der Waals surface area (Å²) in [6.07, 6.45) is 2.36. The average Bonchev–Trinajstić information content (AvgIpc) is 2.61. The van der Waals surface area contributed by atoms with Gasteiger partial charge in [-0.2, -0.15) is 0 Å². The van der Waals surface area contributed by atoms with E-state index in [2.05, 4.69) is 5.32 Å². The number of fused-ring (bicyclic) bond motifs is 1. The van der Waals surface area contributed by atoms with Crippen molar-refractivity contribution in [3.8, 4) is 11.5 Å². The van der Waals surface area contributed by atoms with Crippen LogP contribution < -0.4 is 20.3 Å². The fraction of sp³-hybridized carbons (Fsp3) is 0.333. The lowest BCUT2D eigenvalue weighted by molar-refractivity contribution is 0.0937. The molecule has 0 bridgehead atoms. The fourth-order valence-electron chi connectivity index (χ4n) is 2.82. The van der Waals surface area contributed by atoms with Crippen LogP contribution in [-0.2, 0) is 13.5 Å². The van der Waals surface area contributed by atoms with Gasteiger partial charge in [0.1, 0.15) is 0 Å². The van der Waals surface area contributed by atoms with E-state index in [1.165, 1.54) is 22.9 Å². The Balaban J connectivity index is 1.62. The molecule has 24 heavy (non-hydrogen) atoms. The van der Waals surface area contributed by atoms with Gasteiger partial charge in [-0.15, -0.1) is 0 Å². The number of methoxy groups -OCH3 is 1. The first-order valence-electron chi connectivity index (χ1n) is 7.82. The van der Waals surface area contributed by atoms with Crippen LogP contribution in [0.15, 0.2) is 41.3 Å². The molecule has 1 aromatic heterocycles. The molecule has 0 aliphatic carbocycles. The number of ether oxygens (including phenoxy) is 2. The number of carbonyl (C=O) groups is 1. The molecule has 2 heterocycles. The van der Waals surface area contributed by atoms with E-state index in [4.69, 9.17) is 9.47 Å². The highest BCUT2D eigenvalue weighted by Crippen LogP contribution is 2.35. The van der Waals surface area contributed by atoms with E-state index < -0.39 is 0 Å². The van der Waals surface area contributed by atoms with Gasteiger partial charge >= 0.3 is 0 Å². The predicted molar refractivity (Wildman–Crippen MR) is 89.7 cm³/mol. The first-order chi connectivity index (χ1) is 11.6. The summed E-state index contributed by atoms with van der Waals surface area (Å²) in [5.41, 5.74) is 1.41. The fourth-order valence-corrected chi connectivity index (χ4v) is 2.82. The number of carbonyl (C=O) groups excluding carboxylic acids is 1. The Hall–Kier alpha value is -2.76. The molecule has 0 saturated carbocycles. The lowest BCUT2D eigenvalue weighted by Gasteiger charge is -2.26. The Kier molecular flexibility index (Phi) is 4.55. The second-order valence-electron chi connectivity index (χ2n) is 5.91. The third kappa shape index (κ3) is 3.27. The van der Waals surface area contributed by atoms with E-state index in [1.54, 1.807) is 14.2 Å². The van der Waals surface area contributed by atoms with Gasteiger partial charge in [-0.3, -0.25) is 9.59 Å². The van der Waals surface area contributed by atoms with Crippen LogP contribution in [0.5, 0.6) is 11.5 Å². The van der Waals surface area contributed by atoms with Gasteiger partial charge in [-0.25, -0.2) is 0 Å². The minimum atomic E-state index is -0.193. The highest BCUT2D eigenvalue weighted by molar-refractivity contribution is 5.93. The van der Waals surface area contributed by atoms with Crippen LogP contribution in [0, 0.1) is 5.92 Å². The van der Waals surface area contributed by atoms with Crippen LogP contribution in [-0.4, -0.2) is 30.7 Å². The molecular formula is C18H20N2O4. The number of amides is 1. The summed E-state index contributed by atoms with van der Waals surface area (Å²) < 4.78 is 12.5. The van der Waals surface area contributed by atoms with Crippen LogP contribution in [0.2, 0.25) is 0 Å². The van der Waals surface area contributed by atoms with Gasteiger partial charge < -0.3 is 19.4 Å². The molecule has 0 spiro atoms. The highest BCUT2D eigenvalue weighted by Gasteiger charge is 2.23. The van der Waals surface area contributed by atoms with E-state index in [1.807, 2.05) is 18.2 Å². The van der Waals surface area contributed by atoms with Crippen molar-refractivity contribution < 1.29 is 14.3 Å². The number of nitrogens with one attached hydrogen (secondary N) is 1. The maximum absolute atomic E-state index is 12.2. The van der Waals surface area contributed by atoms with Crippen molar-refractivity contribution in [1.29, 1.82) is 0 Å². The summed E-state index contributed by atoms with van der Waals surface area (Å²) >= 11 is 0. The monoisotopic (exact) mass is 328 g/mol. The number of para-hydroxylation sites is 1. The number of nitrogens with zero attached hydrogens (tertiary/aromatic N) is 1. The average molecular weight is 328 g/mol. The quantitative estimate of drug-likeness (QED) is 0.920. The Morgan fingerprint density at radius 3 is 2.96 bits per heavy atom. The van der Waals surface area contributed by atoms with Crippen molar-refractivity contribution in [3.63, 3.8) is 0 Å². The van der Waals surface area contributed by atoms with Crippen LogP contribution in [0.4, 0.5) is 0 Å². The zero-order valence-electron chi connectivity index (χ0n) is 13.7. The van der Waals surface area contributed by atoms with E-state index in [0.29, 0.717) is 18.7 Å². The van der Waals surface area contributed by atoms with Gasteiger partial charge in [0.25, 0.3) is 5.91 Å². The number of pyridine rings is 1. The van der Waals surface area contributed by atoms with Gasteiger partial charge in [0.2, 0.25) is 5.56 Å². The van der Waals surface area contributed by atoms with Gasteiger partial charge in [0.15, 0.2) is 11.5 Å². The molecule has 0 fully saturated rings. The van der Waals surface area contributed by atoms with E-state index in [-0.39, 0.29) is 17.4 Å². The Labute approximate surface area is 140 Å². The Morgan fingerprint density at radius 2 is 2.21 bits per heavy atom. The molecule has 3 rings (SSSR count). The second kappa shape index (κ2) is 6.78. The number of rotatable bonds is 4. The van der Waals surface area contributed by atoms with Crippen LogP contribution in [0.25, 0.3) is 0 Å². The molecule has 0 saturated heterocycles. The number of hydrogen-bond acceptors (Lipinski definition) is 4. The molecule has 1 aliphatic rings. The topological polar surface area (TPSA) is 69.6 Å². The smallest absolute Gasteiger partial charge is 0.252 e. The number of aromatic nitrogens is 1. The molecular weight excluding hydrogens is 308 g/mol. The van der Waals surface area contributed by atoms with Crippen molar-refractivity contribution in [2.45, 2.75) is 6.42 Å². The van der Waals surface area contributed by atoms with Crippen molar-refractivity contribution in [3.05, 3.63) is 58.0 Å². The van der Waals surface area contributed by atoms with Crippen LogP contribution in [0.1, 0.15) is 15.9 Å². The highest BCUT2D eigenvalue weighted by atomic mass is 16.5. The molecule has 1 N–H and O–H groups in total. The van der Waals surface area contributed by atoms with Crippen molar-refractivity contribution >= 4 is 5.91 Å². The predicted octanol–water partition coefficient (Wildman–Crippen LogP) is 1.37. The zero-order valence-corrected chi connectivity index (χ0v) is 13.7. The standard InChI is InChI=1S/C18H20N2O4/c1-20-10-14(6-7-16(20)21)18(22)19-9-12-8-13-4-3-5-15(23-2)17(13)24-11-12/h3-7,10,12H,8-9,11H2,1-2H3,(H,19,22). The molecule has 1 amide bonds. The van der Waals surface area contributed by atoms with Crippen molar-refractivity contribution in [2.24, 2.45) is 13.0 Å². The van der Waals surface area contributed by atoms with E-state index in [0.717, 1.165) is 23.5 Å². The van der Waals surface area contributed by atoms with Crippen LogP contribution in [0.3, 0.4) is 0 Å². The van der Waals surface area contributed by atoms with Gasteiger partial charge in [-0.05, 0) is 24.1 Å². The first kappa shape index (κ1) is 16.1. The maximum Gasteiger partial charge on any atom is 0.252 e. The summed E-state index contributed by atoms with van der Waals surface area (Å²) in [6.45, 7) is 1.04. The number of aryl methyl sites for hydroxylation is 1. The van der Waals surface area contributed by atoms with Gasteiger partial charge in [0.05, 0.1) is 19.3 Å². The van der Waals surface area contributed by atoms with Gasteiger partial charge in [-0.1, -0.05) is 12.1 Å². The lowest BCUT2D eigenvalue weighted by Crippen LogP contribution is -2.35. The molecule has 126 valence electrons. The lowest BCUT2D eigenvalue weighted by atomic mass is 9.96. The molecule has 1 unspecified atom stereocenters. The summed E-state index contributed by atoms with van der Waals surface area (Å²) in [7, 11) is 3.25. The molecule has 1 aliphatic heterocycles. The summed E-state index contributed by atoms with van der Waals surface area (Å²) in [5.74, 6) is 1.53. The molecule has 0 radical (unpaired) electrons. The molecule has 6 heteroatoms. The third-order valence-electron chi connectivity index (χ3n) is 4.15. The van der Waals surface area contributed by atoms with Crippen molar-refractivity contribution in [1.82, 2.24) is 9.88 Å². The first-order valence-corrected chi connectivity index (χ1v) is 7.82. The molecule has 1 aromatic carbocycles. The normalized spacial score (nSPS) is 16.0. The summed E-state index contributed by atoms with van der Waals surface area (Å²) in [6, 6.07) is 8.75. The third-order valence-corrected chi connectivity index (χ3v) is 4.15. The second-order valence-corrected chi connectivity index (χ2v) is 5.91. The minimum Gasteiger partial charge on any atom is -0.493 e. The summed E-state index contributed by atoms with van der Waals surface area (Å²) in [4.78, 5) is 23.6.